The van der Waals surface area contributed by atoms with E-state index in [1.807, 2.05) is 6.92 Å². The number of aryl methyl sites for hydroxylation is 2. The third-order valence-electron chi connectivity index (χ3n) is 3.05. The highest BCUT2D eigenvalue weighted by atomic mass is 16.6. The summed E-state index contributed by atoms with van der Waals surface area (Å²) >= 11 is 0. The van der Waals surface area contributed by atoms with Crippen LogP contribution in [0.4, 0.5) is 11.4 Å². The molecule has 1 amide bonds. The molecule has 3 N–H and O–H groups in total. The van der Waals surface area contributed by atoms with Crippen molar-refractivity contribution in [3.8, 4) is 0 Å². The summed E-state index contributed by atoms with van der Waals surface area (Å²) in [5.41, 5.74) is 6.73. The number of carbonyl (C=O) groups excluding carboxylic acids is 1. The van der Waals surface area contributed by atoms with Gasteiger partial charge in [-0.25, -0.2) is 0 Å². The molecule has 8 heteroatoms. The first kappa shape index (κ1) is 14.5. The Morgan fingerprint density at radius 3 is 2.81 bits per heavy atom. The van der Waals surface area contributed by atoms with Gasteiger partial charge in [0.25, 0.3) is 5.91 Å². The van der Waals surface area contributed by atoms with Gasteiger partial charge in [-0.05, 0) is 19.1 Å². The zero-order chi connectivity index (χ0) is 15.6. The van der Waals surface area contributed by atoms with Crippen molar-refractivity contribution in [1.29, 1.82) is 0 Å². The number of anilines is 1. The van der Waals surface area contributed by atoms with Crippen molar-refractivity contribution in [2.24, 2.45) is 7.05 Å². The number of hydrogen-bond donors (Lipinski definition) is 2. The summed E-state index contributed by atoms with van der Waals surface area (Å²) in [7, 11) is 1.78. The van der Waals surface area contributed by atoms with E-state index in [4.69, 9.17) is 5.73 Å². The fourth-order valence-electron chi connectivity index (χ4n) is 2.04. The number of amides is 1. The van der Waals surface area contributed by atoms with Crippen LogP contribution in [0.15, 0.2) is 24.4 Å². The Hall–Kier alpha value is -2.90. The number of hydrogen-bond acceptors (Lipinski definition) is 5. The monoisotopic (exact) mass is 289 g/mol. The third-order valence-corrected chi connectivity index (χ3v) is 3.05. The van der Waals surface area contributed by atoms with Gasteiger partial charge in [0, 0.05) is 25.4 Å². The van der Waals surface area contributed by atoms with Crippen LogP contribution in [0.1, 0.15) is 21.6 Å². The molecule has 2 rings (SSSR count). The Bertz CT molecular complexity index is 708. The summed E-state index contributed by atoms with van der Waals surface area (Å²) in [4.78, 5) is 22.5. The average molecular weight is 289 g/mol. The van der Waals surface area contributed by atoms with E-state index in [1.54, 1.807) is 17.9 Å². The fraction of sp³-hybridized carbons (Fsp3) is 0.231. The number of benzene rings is 1. The predicted octanol–water partition coefficient (Wildman–Crippen LogP) is 1.15. The number of carbonyl (C=O) groups is 1. The molecule has 0 fully saturated rings. The molecule has 0 spiro atoms. The average Bonchev–Trinajstić information content (AvgIpc) is 2.73. The minimum atomic E-state index is -0.653. The van der Waals surface area contributed by atoms with E-state index in [2.05, 4.69) is 10.4 Å². The smallest absolute Gasteiger partial charge is 0.304 e. The standard InChI is InChI=1S/C13H15N5O3/c1-8-9(7-17(2)16-8)6-15-13(19)10-4-3-5-11(14)12(10)18(20)21/h3-5,7H,6,14H2,1-2H3,(H,15,19). The summed E-state index contributed by atoms with van der Waals surface area (Å²) in [6, 6.07) is 4.27. The zero-order valence-electron chi connectivity index (χ0n) is 11.7. The van der Waals surface area contributed by atoms with E-state index in [0.717, 1.165) is 11.3 Å². The molecular formula is C13H15N5O3. The molecule has 21 heavy (non-hydrogen) atoms. The van der Waals surface area contributed by atoms with Crippen LogP contribution < -0.4 is 11.1 Å². The second-order valence-corrected chi connectivity index (χ2v) is 4.60. The summed E-state index contributed by atoms with van der Waals surface area (Å²) in [6.07, 6.45) is 1.78. The Labute approximate surface area is 120 Å². The minimum absolute atomic E-state index is 0.0368. The number of nitrogens with one attached hydrogen (secondary N) is 1. The molecule has 1 heterocycles. The molecule has 110 valence electrons. The van der Waals surface area contributed by atoms with E-state index in [9.17, 15) is 14.9 Å². The number of nitro benzene ring substituents is 1. The molecular weight excluding hydrogens is 274 g/mol. The summed E-state index contributed by atoms with van der Waals surface area (Å²) in [5.74, 6) is -0.544. The zero-order valence-corrected chi connectivity index (χ0v) is 11.7. The molecule has 0 atom stereocenters. The number of nitrogens with zero attached hydrogens (tertiary/aromatic N) is 3. The van der Waals surface area contributed by atoms with Gasteiger partial charge in [0.05, 0.1) is 10.6 Å². The van der Waals surface area contributed by atoms with E-state index in [0.29, 0.717) is 0 Å². The Morgan fingerprint density at radius 1 is 1.52 bits per heavy atom. The SMILES string of the molecule is Cc1nn(C)cc1CNC(=O)c1cccc(N)c1[N+](=O)[O-]. The van der Waals surface area contributed by atoms with E-state index in [-0.39, 0.29) is 23.5 Å². The predicted molar refractivity (Wildman–Crippen MR) is 76.6 cm³/mol. The van der Waals surface area contributed by atoms with Crippen molar-refractivity contribution in [1.82, 2.24) is 15.1 Å². The highest BCUT2D eigenvalue weighted by Crippen LogP contribution is 2.25. The lowest BCUT2D eigenvalue weighted by molar-refractivity contribution is -0.384. The lowest BCUT2D eigenvalue weighted by atomic mass is 10.1. The first-order valence-corrected chi connectivity index (χ1v) is 6.20. The van der Waals surface area contributed by atoms with Crippen molar-refractivity contribution in [2.75, 3.05) is 5.73 Å². The van der Waals surface area contributed by atoms with E-state index >= 15 is 0 Å². The Balaban J connectivity index is 2.20. The van der Waals surface area contributed by atoms with Crippen molar-refractivity contribution in [3.63, 3.8) is 0 Å². The molecule has 0 aliphatic rings. The fourth-order valence-corrected chi connectivity index (χ4v) is 2.04. The van der Waals surface area contributed by atoms with Crippen molar-refractivity contribution in [2.45, 2.75) is 13.5 Å². The van der Waals surface area contributed by atoms with Gasteiger partial charge in [-0.15, -0.1) is 0 Å². The summed E-state index contributed by atoms with van der Waals surface area (Å²) in [5, 5.41) is 17.8. The van der Waals surface area contributed by atoms with E-state index in [1.165, 1.54) is 18.2 Å². The molecule has 2 aromatic rings. The third kappa shape index (κ3) is 2.99. The molecule has 0 aliphatic heterocycles. The van der Waals surface area contributed by atoms with Gasteiger partial charge < -0.3 is 11.1 Å². The number of rotatable bonds is 4. The van der Waals surface area contributed by atoms with Gasteiger partial charge in [-0.3, -0.25) is 19.6 Å². The molecule has 1 aromatic heterocycles. The lowest BCUT2D eigenvalue weighted by Crippen LogP contribution is -2.24. The van der Waals surface area contributed by atoms with Crippen molar-refractivity contribution >= 4 is 17.3 Å². The largest absolute Gasteiger partial charge is 0.393 e. The maximum Gasteiger partial charge on any atom is 0.304 e. The van der Waals surface area contributed by atoms with E-state index < -0.39 is 10.8 Å². The second-order valence-electron chi connectivity index (χ2n) is 4.60. The van der Waals surface area contributed by atoms with Crippen LogP contribution >= 0.6 is 0 Å². The summed E-state index contributed by atoms with van der Waals surface area (Å²) < 4.78 is 1.64. The van der Waals surface area contributed by atoms with Crippen LogP contribution in [-0.2, 0) is 13.6 Å². The minimum Gasteiger partial charge on any atom is -0.393 e. The number of aromatic nitrogens is 2. The number of nitro groups is 1. The van der Waals surface area contributed by atoms with Crippen molar-refractivity contribution in [3.05, 3.63) is 51.3 Å². The van der Waals surface area contributed by atoms with Crippen LogP contribution in [0.3, 0.4) is 0 Å². The number of nitrogens with two attached hydrogens (primary N) is 1. The molecule has 1 aromatic carbocycles. The first-order valence-electron chi connectivity index (χ1n) is 6.20. The van der Waals surface area contributed by atoms with Crippen molar-refractivity contribution < 1.29 is 9.72 Å². The van der Waals surface area contributed by atoms with Crippen LogP contribution in [0.25, 0.3) is 0 Å². The molecule has 0 aliphatic carbocycles. The normalized spacial score (nSPS) is 10.4. The Morgan fingerprint density at radius 2 is 2.24 bits per heavy atom. The number of nitrogen functional groups attached to an aromatic ring is 1. The quantitative estimate of drug-likeness (QED) is 0.497. The second kappa shape index (κ2) is 5.61. The van der Waals surface area contributed by atoms with Gasteiger partial charge >= 0.3 is 5.69 Å². The highest BCUT2D eigenvalue weighted by Gasteiger charge is 2.23. The molecule has 0 saturated heterocycles. The Kier molecular flexibility index (Phi) is 3.88. The highest BCUT2D eigenvalue weighted by molar-refractivity contribution is 6.00. The first-order chi connectivity index (χ1) is 9.90. The lowest BCUT2D eigenvalue weighted by Gasteiger charge is -2.06. The number of para-hydroxylation sites is 1. The van der Waals surface area contributed by atoms with Crippen LogP contribution in [0, 0.1) is 17.0 Å². The van der Waals surface area contributed by atoms with Gasteiger partial charge in [-0.2, -0.15) is 5.10 Å². The van der Waals surface area contributed by atoms with Gasteiger partial charge in [-0.1, -0.05) is 6.07 Å². The maximum atomic E-state index is 12.1. The molecule has 0 radical (unpaired) electrons. The van der Waals surface area contributed by atoms with Gasteiger partial charge in [0.2, 0.25) is 0 Å². The molecule has 0 unspecified atom stereocenters. The molecule has 0 saturated carbocycles. The topological polar surface area (TPSA) is 116 Å². The van der Waals surface area contributed by atoms with Gasteiger partial charge in [0.15, 0.2) is 0 Å². The summed E-state index contributed by atoms with van der Waals surface area (Å²) in [6.45, 7) is 2.06. The molecule has 8 nitrogen and oxygen atoms in total. The van der Waals surface area contributed by atoms with Crippen LogP contribution in [0.5, 0.6) is 0 Å². The van der Waals surface area contributed by atoms with Gasteiger partial charge in [0.1, 0.15) is 11.3 Å². The van der Waals surface area contributed by atoms with Crippen LogP contribution in [-0.4, -0.2) is 20.6 Å². The van der Waals surface area contributed by atoms with Crippen LogP contribution in [0.2, 0.25) is 0 Å². The maximum absolute atomic E-state index is 12.1. The molecule has 0 bridgehead atoms.